The Labute approximate surface area is 205 Å². The summed E-state index contributed by atoms with van der Waals surface area (Å²) in [5.74, 6) is -0.161. The highest BCUT2D eigenvalue weighted by atomic mass is 35.5. The van der Waals surface area contributed by atoms with Crippen molar-refractivity contribution in [1.29, 1.82) is 0 Å². The molecule has 10 nitrogen and oxygen atoms in total. The van der Waals surface area contributed by atoms with E-state index >= 15 is 0 Å². The molecule has 0 unspecified atom stereocenters. The van der Waals surface area contributed by atoms with Crippen LogP contribution >= 0.6 is 22.9 Å². The van der Waals surface area contributed by atoms with Crippen molar-refractivity contribution in [2.24, 2.45) is 0 Å². The number of nitrogens with one attached hydrogen (secondary N) is 3. The minimum Gasteiger partial charge on any atom is -0.497 e. The van der Waals surface area contributed by atoms with Crippen molar-refractivity contribution in [2.45, 2.75) is 17.7 Å². The molecule has 0 radical (unpaired) electrons. The summed E-state index contributed by atoms with van der Waals surface area (Å²) in [6.45, 7) is 0.236. The van der Waals surface area contributed by atoms with Crippen LogP contribution in [0.5, 0.6) is 5.75 Å². The zero-order chi connectivity index (χ0) is 24.6. The fraction of sp³-hybridized carbons (Fsp3) is 0.238. The summed E-state index contributed by atoms with van der Waals surface area (Å²) in [4.78, 5) is 24.4. The van der Waals surface area contributed by atoms with Gasteiger partial charge in [0.25, 0.3) is 5.91 Å². The average Bonchev–Trinajstić information content (AvgIpc) is 3.26. The van der Waals surface area contributed by atoms with Crippen LogP contribution in [0.4, 0.5) is 5.13 Å². The number of rotatable bonds is 11. The Bertz CT molecular complexity index is 1250. The first-order chi connectivity index (χ1) is 16.3. The van der Waals surface area contributed by atoms with E-state index in [4.69, 9.17) is 16.3 Å². The third-order valence-corrected chi connectivity index (χ3v) is 7.17. The molecule has 2 amide bonds. The van der Waals surface area contributed by atoms with Gasteiger partial charge >= 0.3 is 0 Å². The van der Waals surface area contributed by atoms with Gasteiger partial charge in [-0.2, -0.15) is 0 Å². The number of halogens is 1. The van der Waals surface area contributed by atoms with Crippen molar-refractivity contribution in [3.05, 3.63) is 64.1 Å². The van der Waals surface area contributed by atoms with Crippen molar-refractivity contribution in [3.8, 4) is 5.75 Å². The van der Waals surface area contributed by atoms with Crippen LogP contribution in [0.3, 0.4) is 0 Å². The maximum atomic E-state index is 12.3. The number of carbonyl (C=O) groups excluding carboxylic acids is 2. The molecule has 1 aromatic heterocycles. The second kappa shape index (κ2) is 11.9. The first kappa shape index (κ1) is 25.6. The molecule has 0 aliphatic carbocycles. The number of amides is 2. The maximum absolute atomic E-state index is 12.3. The van der Waals surface area contributed by atoms with Gasteiger partial charge in [0.2, 0.25) is 21.1 Å². The molecule has 0 aliphatic rings. The van der Waals surface area contributed by atoms with Gasteiger partial charge in [-0.25, -0.2) is 13.1 Å². The van der Waals surface area contributed by atoms with Crippen LogP contribution in [0.25, 0.3) is 0 Å². The SMILES string of the molecule is COc1ccc(S(=O)(=O)NCCC(=O)Nc2nnc(CCNC(=O)c3ccccc3Cl)s2)cc1. The number of methoxy groups -OCH3 is 1. The van der Waals surface area contributed by atoms with Gasteiger partial charge < -0.3 is 15.4 Å². The summed E-state index contributed by atoms with van der Waals surface area (Å²) >= 11 is 7.18. The monoisotopic (exact) mass is 523 g/mol. The minimum absolute atomic E-state index is 0.0732. The highest BCUT2D eigenvalue weighted by Crippen LogP contribution is 2.17. The van der Waals surface area contributed by atoms with E-state index in [-0.39, 0.29) is 28.9 Å². The Kier molecular flexibility index (Phi) is 8.93. The van der Waals surface area contributed by atoms with Crippen LogP contribution in [0.1, 0.15) is 21.8 Å². The van der Waals surface area contributed by atoms with E-state index in [1.807, 2.05) is 0 Å². The van der Waals surface area contributed by atoms with Gasteiger partial charge in [0.15, 0.2) is 0 Å². The number of benzene rings is 2. The molecule has 180 valence electrons. The smallest absolute Gasteiger partial charge is 0.252 e. The number of nitrogens with zero attached hydrogens (tertiary/aromatic N) is 2. The van der Waals surface area contributed by atoms with Crippen molar-refractivity contribution in [3.63, 3.8) is 0 Å². The summed E-state index contributed by atoms with van der Waals surface area (Å²) in [6, 6.07) is 12.7. The third-order valence-electron chi connectivity index (χ3n) is 4.47. The standard InChI is InChI=1S/C21H22ClN5O5S2/c1-32-14-6-8-15(9-7-14)34(30,31)24-13-10-18(28)25-21-27-26-19(33-21)11-12-23-20(29)16-4-2-3-5-17(16)22/h2-9,24H,10-13H2,1H3,(H,23,29)(H,25,27,28). The third kappa shape index (κ3) is 7.22. The van der Waals surface area contributed by atoms with Crippen LogP contribution in [0, 0.1) is 0 Å². The number of anilines is 1. The van der Waals surface area contributed by atoms with Crippen molar-refractivity contribution < 1.29 is 22.7 Å². The fourth-order valence-corrected chi connectivity index (χ4v) is 4.76. The van der Waals surface area contributed by atoms with E-state index in [2.05, 4.69) is 25.6 Å². The summed E-state index contributed by atoms with van der Waals surface area (Å²) in [7, 11) is -2.26. The molecule has 13 heteroatoms. The van der Waals surface area contributed by atoms with Gasteiger partial charge in [-0.05, 0) is 36.4 Å². The average molecular weight is 524 g/mol. The van der Waals surface area contributed by atoms with Gasteiger partial charge in [-0.15, -0.1) is 10.2 Å². The lowest BCUT2D eigenvalue weighted by atomic mass is 10.2. The number of hydrogen-bond donors (Lipinski definition) is 3. The molecule has 0 fully saturated rings. The topological polar surface area (TPSA) is 139 Å². The number of ether oxygens (including phenoxy) is 1. The van der Waals surface area contributed by atoms with E-state index in [0.29, 0.717) is 34.3 Å². The Hall–Kier alpha value is -3.06. The van der Waals surface area contributed by atoms with E-state index in [1.165, 1.54) is 42.7 Å². The summed E-state index contributed by atoms with van der Waals surface area (Å²) < 4.78 is 32.0. The highest BCUT2D eigenvalue weighted by molar-refractivity contribution is 7.89. The Balaban J connectivity index is 1.40. The first-order valence-corrected chi connectivity index (χ1v) is 12.7. The fourth-order valence-electron chi connectivity index (χ4n) is 2.75. The highest BCUT2D eigenvalue weighted by Gasteiger charge is 2.15. The minimum atomic E-state index is -3.74. The number of hydrogen-bond acceptors (Lipinski definition) is 8. The van der Waals surface area contributed by atoms with E-state index < -0.39 is 15.9 Å². The van der Waals surface area contributed by atoms with Crippen molar-refractivity contribution in [1.82, 2.24) is 20.2 Å². The Morgan fingerprint density at radius 2 is 1.79 bits per heavy atom. The molecule has 3 aromatic rings. The molecular weight excluding hydrogens is 502 g/mol. The predicted octanol–water partition coefficient (Wildman–Crippen LogP) is 2.48. The van der Waals surface area contributed by atoms with Gasteiger partial charge in [0, 0.05) is 25.9 Å². The molecule has 0 spiro atoms. The summed E-state index contributed by atoms with van der Waals surface area (Å²) in [5, 5.41) is 14.5. The largest absolute Gasteiger partial charge is 0.497 e. The van der Waals surface area contributed by atoms with Gasteiger partial charge in [0.1, 0.15) is 10.8 Å². The second-order valence-corrected chi connectivity index (χ2v) is 10.1. The van der Waals surface area contributed by atoms with Crippen molar-refractivity contribution in [2.75, 3.05) is 25.5 Å². The molecule has 2 aromatic carbocycles. The van der Waals surface area contributed by atoms with E-state index in [0.717, 1.165) is 0 Å². The first-order valence-electron chi connectivity index (χ1n) is 10.1. The molecule has 0 bridgehead atoms. The predicted molar refractivity (Wildman–Crippen MR) is 129 cm³/mol. The molecule has 0 saturated heterocycles. The summed E-state index contributed by atoms with van der Waals surface area (Å²) in [6.07, 6.45) is 0.337. The van der Waals surface area contributed by atoms with Crippen LogP contribution in [-0.4, -0.2) is 50.6 Å². The second-order valence-electron chi connectivity index (χ2n) is 6.86. The quantitative estimate of drug-likeness (QED) is 0.351. The molecule has 34 heavy (non-hydrogen) atoms. The number of aromatic nitrogens is 2. The summed E-state index contributed by atoms with van der Waals surface area (Å²) in [5.41, 5.74) is 0.386. The molecule has 1 heterocycles. The number of carbonyl (C=O) groups is 2. The van der Waals surface area contributed by atoms with Crippen LogP contribution < -0.4 is 20.1 Å². The lowest BCUT2D eigenvalue weighted by Gasteiger charge is -2.07. The number of sulfonamides is 1. The Morgan fingerprint density at radius 3 is 2.50 bits per heavy atom. The Morgan fingerprint density at radius 1 is 1.06 bits per heavy atom. The molecule has 3 N–H and O–H groups in total. The molecule has 0 aliphatic heterocycles. The molecule has 0 saturated carbocycles. The molecule has 0 atom stereocenters. The van der Waals surface area contributed by atoms with Crippen LogP contribution in [-0.2, 0) is 21.2 Å². The van der Waals surface area contributed by atoms with Crippen LogP contribution in [0.2, 0.25) is 5.02 Å². The zero-order valence-electron chi connectivity index (χ0n) is 18.1. The van der Waals surface area contributed by atoms with Gasteiger partial charge in [-0.3, -0.25) is 9.59 Å². The molecule has 3 rings (SSSR count). The zero-order valence-corrected chi connectivity index (χ0v) is 20.5. The lowest BCUT2D eigenvalue weighted by Crippen LogP contribution is -2.27. The van der Waals surface area contributed by atoms with E-state index in [9.17, 15) is 18.0 Å². The van der Waals surface area contributed by atoms with Gasteiger partial charge in [-0.1, -0.05) is 35.1 Å². The van der Waals surface area contributed by atoms with Crippen molar-refractivity contribution >= 4 is 49.9 Å². The van der Waals surface area contributed by atoms with E-state index in [1.54, 1.807) is 24.3 Å². The lowest BCUT2D eigenvalue weighted by molar-refractivity contribution is -0.116. The van der Waals surface area contributed by atoms with Crippen LogP contribution in [0.15, 0.2) is 53.4 Å². The van der Waals surface area contributed by atoms with Gasteiger partial charge in [0.05, 0.1) is 22.6 Å². The molecular formula is C21H22ClN5O5S2. The maximum Gasteiger partial charge on any atom is 0.252 e. The normalized spacial score (nSPS) is 11.1.